The van der Waals surface area contributed by atoms with Gasteiger partial charge in [-0.05, 0) is 19.4 Å². The standard InChI is InChI=1S/C14H21N7O/c1-11-7-17-21(8-11)12(2)14(22)20-5-3-19(4-6-20)9-13-15-10-16-18-13/h7-8,10,12H,3-6,9H2,1-2H3,(H,15,16,18)/t12-/m1/s1. The quantitative estimate of drug-likeness (QED) is 0.873. The van der Waals surface area contributed by atoms with Gasteiger partial charge in [0.05, 0.1) is 12.7 Å². The molecule has 1 atom stereocenters. The van der Waals surface area contributed by atoms with Gasteiger partial charge in [-0.2, -0.15) is 10.2 Å². The van der Waals surface area contributed by atoms with E-state index < -0.39 is 0 Å². The highest BCUT2D eigenvalue weighted by Gasteiger charge is 2.26. The van der Waals surface area contributed by atoms with Crippen LogP contribution >= 0.6 is 0 Å². The summed E-state index contributed by atoms with van der Waals surface area (Å²) < 4.78 is 1.73. The molecule has 0 spiro atoms. The molecule has 8 heteroatoms. The number of nitrogens with zero attached hydrogens (tertiary/aromatic N) is 6. The van der Waals surface area contributed by atoms with E-state index in [9.17, 15) is 4.79 Å². The van der Waals surface area contributed by atoms with Gasteiger partial charge in [-0.1, -0.05) is 0 Å². The lowest BCUT2D eigenvalue weighted by Crippen LogP contribution is -2.50. The lowest BCUT2D eigenvalue weighted by Gasteiger charge is -2.35. The number of aromatic amines is 1. The van der Waals surface area contributed by atoms with E-state index in [1.165, 1.54) is 6.33 Å². The lowest BCUT2D eigenvalue weighted by molar-refractivity contribution is -0.136. The molecule has 0 aliphatic carbocycles. The largest absolute Gasteiger partial charge is 0.338 e. The van der Waals surface area contributed by atoms with Crippen molar-refractivity contribution in [3.63, 3.8) is 0 Å². The predicted molar refractivity (Wildman–Crippen MR) is 79.9 cm³/mol. The third-order valence-corrected chi connectivity index (χ3v) is 4.01. The van der Waals surface area contributed by atoms with E-state index in [2.05, 4.69) is 25.2 Å². The number of H-pyrrole nitrogens is 1. The van der Waals surface area contributed by atoms with Crippen LogP contribution in [0.25, 0.3) is 0 Å². The summed E-state index contributed by atoms with van der Waals surface area (Å²) in [5.41, 5.74) is 1.07. The van der Waals surface area contributed by atoms with Crippen LogP contribution in [0, 0.1) is 6.92 Å². The van der Waals surface area contributed by atoms with Crippen molar-refractivity contribution in [2.45, 2.75) is 26.4 Å². The maximum atomic E-state index is 12.5. The first-order chi connectivity index (χ1) is 10.6. The summed E-state index contributed by atoms with van der Waals surface area (Å²) in [7, 11) is 0. The first-order valence-corrected chi connectivity index (χ1v) is 7.49. The van der Waals surface area contributed by atoms with Crippen molar-refractivity contribution in [2.75, 3.05) is 26.2 Å². The van der Waals surface area contributed by atoms with Crippen molar-refractivity contribution >= 4 is 5.91 Å². The first-order valence-electron chi connectivity index (χ1n) is 7.49. The van der Waals surface area contributed by atoms with Crippen LogP contribution in [0.4, 0.5) is 0 Å². The average Bonchev–Trinajstić information content (AvgIpc) is 3.18. The van der Waals surface area contributed by atoms with E-state index >= 15 is 0 Å². The Morgan fingerprint density at radius 1 is 1.36 bits per heavy atom. The third kappa shape index (κ3) is 3.16. The van der Waals surface area contributed by atoms with Gasteiger partial charge in [0, 0.05) is 32.4 Å². The van der Waals surface area contributed by atoms with Crippen LogP contribution in [-0.4, -0.2) is 66.8 Å². The minimum absolute atomic E-state index is 0.127. The van der Waals surface area contributed by atoms with Gasteiger partial charge in [0.25, 0.3) is 0 Å². The van der Waals surface area contributed by atoms with Crippen molar-refractivity contribution in [1.82, 2.24) is 34.8 Å². The zero-order valence-electron chi connectivity index (χ0n) is 12.9. The fourth-order valence-electron chi connectivity index (χ4n) is 2.67. The molecule has 8 nitrogen and oxygen atoms in total. The van der Waals surface area contributed by atoms with Crippen LogP contribution in [0.3, 0.4) is 0 Å². The summed E-state index contributed by atoms with van der Waals surface area (Å²) >= 11 is 0. The molecule has 118 valence electrons. The molecule has 2 aromatic heterocycles. The fourth-order valence-corrected chi connectivity index (χ4v) is 2.67. The second-order valence-corrected chi connectivity index (χ2v) is 5.71. The van der Waals surface area contributed by atoms with Gasteiger partial charge in [0.2, 0.25) is 5.91 Å². The Bertz CT molecular complexity index is 613. The monoisotopic (exact) mass is 303 g/mol. The van der Waals surface area contributed by atoms with Crippen LogP contribution in [0.5, 0.6) is 0 Å². The van der Waals surface area contributed by atoms with Gasteiger partial charge in [-0.3, -0.25) is 19.5 Å². The maximum absolute atomic E-state index is 12.5. The molecular formula is C14H21N7O. The Hall–Kier alpha value is -2.22. The Kier molecular flexibility index (Phi) is 4.19. The van der Waals surface area contributed by atoms with Gasteiger partial charge < -0.3 is 4.90 Å². The zero-order chi connectivity index (χ0) is 15.5. The molecule has 3 heterocycles. The molecule has 1 aliphatic heterocycles. The van der Waals surface area contributed by atoms with E-state index in [0.717, 1.165) is 44.1 Å². The molecule has 0 bridgehead atoms. The number of nitrogens with one attached hydrogen (secondary N) is 1. The molecule has 1 fully saturated rings. The molecule has 1 N–H and O–H groups in total. The van der Waals surface area contributed by atoms with Gasteiger partial charge in [-0.25, -0.2) is 4.98 Å². The van der Waals surface area contributed by atoms with Crippen LogP contribution in [-0.2, 0) is 11.3 Å². The first kappa shape index (κ1) is 14.7. The van der Waals surface area contributed by atoms with Crippen LogP contribution in [0.1, 0.15) is 24.4 Å². The highest BCUT2D eigenvalue weighted by atomic mass is 16.2. The summed E-state index contributed by atoms with van der Waals surface area (Å²) in [6, 6.07) is -0.255. The maximum Gasteiger partial charge on any atom is 0.247 e. The molecule has 0 radical (unpaired) electrons. The molecule has 1 saturated heterocycles. The molecule has 3 rings (SSSR count). The Balaban J connectivity index is 1.53. The number of rotatable bonds is 4. The fraction of sp³-hybridized carbons (Fsp3) is 0.571. The summed E-state index contributed by atoms with van der Waals surface area (Å²) in [6.07, 6.45) is 5.20. The Labute approximate surface area is 129 Å². The Morgan fingerprint density at radius 2 is 2.14 bits per heavy atom. The number of aromatic nitrogens is 5. The van der Waals surface area contributed by atoms with Gasteiger partial charge in [0.15, 0.2) is 0 Å². The minimum atomic E-state index is -0.255. The second kappa shape index (κ2) is 6.27. The molecule has 0 aromatic carbocycles. The molecule has 2 aromatic rings. The molecule has 1 aliphatic rings. The van der Waals surface area contributed by atoms with Crippen molar-refractivity contribution in [3.05, 3.63) is 30.1 Å². The molecule has 0 unspecified atom stereocenters. The van der Waals surface area contributed by atoms with E-state index in [4.69, 9.17) is 0 Å². The van der Waals surface area contributed by atoms with Gasteiger partial charge in [-0.15, -0.1) is 0 Å². The number of amides is 1. The highest BCUT2D eigenvalue weighted by molar-refractivity contribution is 5.80. The molecule has 0 saturated carbocycles. The number of hydrogen-bond acceptors (Lipinski definition) is 5. The zero-order valence-corrected chi connectivity index (χ0v) is 12.9. The van der Waals surface area contributed by atoms with Crippen LogP contribution in [0.15, 0.2) is 18.7 Å². The van der Waals surface area contributed by atoms with Crippen LogP contribution < -0.4 is 0 Å². The van der Waals surface area contributed by atoms with Gasteiger partial charge >= 0.3 is 0 Å². The van der Waals surface area contributed by atoms with Crippen molar-refractivity contribution in [2.24, 2.45) is 0 Å². The highest BCUT2D eigenvalue weighted by Crippen LogP contribution is 2.13. The average molecular weight is 303 g/mol. The summed E-state index contributed by atoms with van der Waals surface area (Å²) in [5, 5.41) is 11.0. The number of piperazine rings is 1. The van der Waals surface area contributed by atoms with Crippen molar-refractivity contribution in [3.8, 4) is 0 Å². The SMILES string of the molecule is Cc1cnn([C@H](C)C(=O)N2CCN(Cc3ncn[nH]3)CC2)c1. The lowest BCUT2D eigenvalue weighted by atomic mass is 10.2. The van der Waals surface area contributed by atoms with Crippen molar-refractivity contribution < 1.29 is 4.79 Å². The predicted octanol–water partition coefficient (Wildman–Crippen LogP) is 0.215. The second-order valence-electron chi connectivity index (χ2n) is 5.71. The number of carbonyl (C=O) groups excluding carboxylic acids is 1. The normalized spacial score (nSPS) is 17.6. The molecule has 22 heavy (non-hydrogen) atoms. The molecule has 1 amide bonds. The summed E-state index contributed by atoms with van der Waals surface area (Å²) in [5.74, 6) is 0.988. The molecular weight excluding hydrogens is 282 g/mol. The van der Waals surface area contributed by atoms with E-state index in [0.29, 0.717) is 0 Å². The van der Waals surface area contributed by atoms with Gasteiger partial charge in [0.1, 0.15) is 18.2 Å². The number of carbonyl (C=O) groups is 1. The minimum Gasteiger partial charge on any atom is -0.338 e. The number of hydrogen-bond donors (Lipinski definition) is 1. The smallest absolute Gasteiger partial charge is 0.247 e. The third-order valence-electron chi connectivity index (χ3n) is 4.01. The summed E-state index contributed by atoms with van der Waals surface area (Å²) in [6.45, 7) is 7.78. The van der Waals surface area contributed by atoms with E-state index in [1.54, 1.807) is 10.9 Å². The van der Waals surface area contributed by atoms with E-state index in [-0.39, 0.29) is 11.9 Å². The topological polar surface area (TPSA) is 82.9 Å². The Morgan fingerprint density at radius 3 is 2.73 bits per heavy atom. The summed E-state index contributed by atoms with van der Waals surface area (Å²) in [4.78, 5) is 20.9. The number of aryl methyl sites for hydroxylation is 1. The van der Waals surface area contributed by atoms with Crippen LogP contribution in [0.2, 0.25) is 0 Å². The van der Waals surface area contributed by atoms with E-state index in [1.807, 2.05) is 24.9 Å². The van der Waals surface area contributed by atoms with Crippen molar-refractivity contribution in [1.29, 1.82) is 0 Å².